The molecule has 0 aromatic heterocycles. The average molecular weight is 224 g/mol. The van der Waals surface area contributed by atoms with Gasteiger partial charge in [-0.15, -0.1) is 13.2 Å². The van der Waals surface area contributed by atoms with Crippen LogP contribution >= 0.6 is 11.6 Å². The van der Waals surface area contributed by atoms with E-state index in [0.29, 0.717) is 0 Å². The summed E-state index contributed by atoms with van der Waals surface area (Å²) in [7, 11) is 0. The molecule has 0 fully saturated rings. The molecule has 1 aromatic rings. The molecular formula is C9H9ClF3N. The second-order valence-electron chi connectivity index (χ2n) is 2.24. The lowest BCUT2D eigenvalue weighted by Gasteiger charge is -2.08. The van der Waals surface area contributed by atoms with Crippen LogP contribution in [0.5, 0.6) is 0 Å². The van der Waals surface area contributed by atoms with Gasteiger partial charge in [-0.1, -0.05) is 11.6 Å². The van der Waals surface area contributed by atoms with Crippen LogP contribution in [0.4, 0.5) is 18.9 Å². The predicted molar refractivity (Wildman–Crippen MR) is 52.1 cm³/mol. The summed E-state index contributed by atoms with van der Waals surface area (Å²) < 4.78 is 36.3. The molecule has 0 atom stereocenters. The number of halogens is 4. The van der Waals surface area contributed by atoms with Crippen molar-refractivity contribution in [3.05, 3.63) is 41.9 Å². The molecule has 1 aromatic carbocycles. The van der Waals surface area contributed by atoms with E-state index in [1.807, 2.05) is 0 Å². The van der Waals surface area contributed by atoms with Gasteiger partial charge in [-0.05, 0) is 18.2 Å². The molecule has 0 aliphatic heterocycles. The number of rotatable bonds is 0. The molecule has 0 saturated heterocycles. The highest BCUT2D eigenvalue weighted by molar-refractivity contribution is 6.31. The normalized spacial score (nSPS) is 10.3. The van der Waals surface area contributed by atoms with Gasteiger partial charge in [0, 0.05) is 5.69 Å². The number of nitrogens with two attached hydrogens (primary N) is 1. The first-order chi connectivity index (χ1) is 6.41. The standard InChI is InChI=1S/C7H5ClF3N.C2H4/c8-6-2-1-4(12)3-5(6)7(9,10)11;1-2/h1-3H,12H2;1-2H2. The summed E-state index contributed by atoms with van der Waals surface area (Å²) in [6, 6.07) is 3.25. The first-order valence-electron chi connectivity index (χ1n) is 3.53. The van der Waals surface area contributed by atoms with Crippen molar-refractivity contribution in [2.45, 2.75) is 6.18 Å². The van der Waals surface area contributed by atoms with Crippen molar-refractivity contribution in [1.29, 1.82) is 0 Å². The third-order valence-electron chi connectivity index (χ3n) is 1.30. The quantitative estimate of drug-likeness (QED) is 0.526. The van der Waals surface area contributed by atoms with Crippen molar-refractivity contribution >= 4 is 17.3 Å². The molecule has 0 aliphatic carbocycles. The van der Waals surface area contributed by atoms with Gasteiger partial charge in [-0.3, -0.25) is 0 Å². The van der Waals surface area contributed by atoms with E-state index >= 15 is 0 Å². The highest BCUT2D eigenvalue weighted by atomic mass is 35.5. The van der Waals surface area contributed by atoms with Crippen LogP contribution in [0.3, 0.4) is 0 Å². The van der Waals surface area contributed by atoms with Crippen molar-refractivity contribution in [1.82, 2.24) is 0 Å². The Balaban J connectivity index is 0.000000791. The largest absolute Gasteiger partial charge is 0.417 e. The molecule has 0 radical (unpaired) electrons. The molecule has 2 N–H and O–H groups in total. The van der Waals surface area contributed by atoms with Gasteiger partial charge >= 0.3 is 6.18 Å². The SMILES string of the molecule is C=C.Nc1ccc(Cl)c(C(F)(F)F)c1. The van der Waals surface area contributed by atoms with E-state index in [0.717, 1.165) is 12.1 Å². The van der Waals surface area contributed by atoms with Crippen molar-refractivity contribution in [2.24, 2.45) is 0 Å². The Morgan fingerprint density at radius 2 is 1.71 bits per heavy atom. The summed E-state index contributed by atoms with van der Waals surface area (Å²) >= 11 is 5.31. The Labute approximate surface area is 85.0 Å². The topological polar surface area (TPSA) is 26.0 Å². The van der Waals surface area contributed by atoms with Gasteiger partial charge in [0.2, 0.25) is 0 Å². The van der Waals surface area contributed by atoms with Crippen LogP contribution in [0, 0.1) is 0 Å². The van der Waals surface area contributed by atoms with Crippen LogP contribution in [0.15, 0.2) is 31.4 Å². The van der Waals surface area contributed by atoms with Crippen molar-refractivity contribution in [3.63, 3.8) is 0 Å². The van der Waals surface area contributed by atoms with Crippen LogP contribution in [-0.4, -0.2) is 0 Å². The minimum atomic E-state index is -4.44. The Morgan fingerprint density at radius 3 is 2.07 bits per heavy atom. The number of anilines is 1. The fourth-order valence-electron chi connectivity index (χ4n) is 0.760. The minimum Gasteiger partial charge on any atom is -0.399 e. The van der Waals surface area contributed by atoms with Gasteiger partial charge in [0.1, 0.15) is 0 Å². The third kappa shape index (κ3) is 3.30. The summed E-state index contributed by atoms with van der Waals surface area (Å²) in [5.41, 5.74) is 4.31. The highest BCUT2D eigenvalue weighted by Crippen LogP contribution is 2.35. The first-order valence-corrected chi connectivity index (χ1v) is 3.91. The first kappa shape index (κ1) is 12.8. The molecule has 0 unspecified atom stereocenters. The molecule has 0 heterocycles. The molecule has 0 spiro atoms. The van der Waals surface area contributed by atoms with E-state index in [9.17, 15) is 13.2 Å². The van der Waals surface area contributed by atoms with Gasteiger partial charge in [-0.2, -0.15) is 13.2 Å². The van der Waals surface area contributed by atoms with E-state index in [1.165, 1.54) is 6.07 Å². The molecule has 78 valence electrons. The number of hydrogen-bond acceptors (Lipinski definition) is 1. The third-order valence-corrected chi connectivity index (χ3v) is 1.63. The molecule has 1 nitrogen and oxygen atoms in total. The summed E-state index contributed by atoms with van der Waals surface area (Å²) in [5.74, 6) is 0. The van der Waals surface area contributed by atoms with E-state index in [1.54, 1.807) is 0 Å². The lowest BCUT2D eigenvalue weighted by molar-refractivity contribution is -0.137. The molecule has 0 aliphatic rings. The lowest BCUT2D eigenvalue weighted by atomic mass is 10.2. The lowest BCUT2D eigenvalue weighted by Crippen LogP contribution is -2.06. The van der Waals surface area contributed by atoms with Crippen LogP contribution in [0.1, 0.15) is 5.56 Å². The maximum atomic E-state index is 12.1. The zero-order chi connectivity index (χ0) is 11.4. The number of hydrogen-bond donors (Lipinski definition) is 1. The molecule has 0 amide bonds. The maximum absolute atomic E-state index is 12.1. The smallest absolute Gasteiger partial charge is 0.399 e. The second-order valence-corrected chi connectivity index (χ2v) is 2.64. The van der Waals surface area contributed by atoms with Crippen molar-refractivity contribution in [3.8, 4) is 0 Å². The van der Waals surface area contributed by atoms with Gasteiger partial charge < -0.3 is 5.73 Å². The second kappa shape index (κ2) is 4.91. The monoisotopic (exact) mass is 223 g/mol. The van der Waals surface area contributed by atoms with Gasteiger partial charge in [0.25, 0.3) is 0 Å². The van der Waals surface area contributed by atoms with Gasteiger partial charge in [0.05, 0.1) is 10.6 Å². The summed E-state index contributed by atoms with van der Waals surface area (Å²) in [6.45, 7) is 6.00. The highest BCUT2D eigenvalue weighted by Gasteiger charge is 2.33. The Morgan fingerprint density at radius 1 is 1.21 bits per heavy atom. The summed E-state index contributed by atoms with van der Waals surface area (Å²) in [6.07, 6.45) is -4.44. The van der Waals surface area contributed by atoms with Gasteiger partial charge in [-0.25, -0.2) is 0 Å². The fraction of sp³-hybridized carbons (Fsp3) is 0.111. The molecule has 0 bridgehead atoms. The Hall–Kier alpha value is -1.16. The molecule has 0 saturated carbocycles. The predicted octanol–water partition coefficient (Wildman–Crippen LogP) is 3.74. The maximum Gasteiger partial charge on any atom is 0.417 e. The fourth-order valence-corrected chi connectivity index (χ4v) is 0.985. The Bertz CT molecular complexity index is 309. The van der Waals surface area contributed by atoms with Crippen LogP contribution in [0.2, 0.25) is 5.02 Å². The number of alkyl halides is 3. The Kier molecular flexibility index (Phi) is 4.50. The van der Waals surface area contributed by atoms with Crippen LogP contribution in [0.25, 0.3) is 0 Å². The van der Waals surface area contributed by atoms with Crippen molar-refractivity contribution < 1.29 is 13.2 Å². The van der Waals surface area contributed by atoms with Crippen LogP contribution in [-0.2, 0) is 6.18 Å². The minimum absolute atomic E-state index is 0.0479. The van der Waals surface area contributed by atoms with Crippen LogP contribution < -0.4 is 5.73 Å². The molecule has 5 heteroatoms. The van der Waals surface area contributed by atoms with Crippen molar-refractivity contribution in [2.75, 3.05) is 5.73 Å². The van der Waals surface area contributed by atoms with E-state index in [2.05, 4.69) is 13.2 Å². The molecule has 14 heavy (non-hydrogen) atoms. The summed E-state index contributed by atoms with van der Waals surface area (Å²) in [5, 5.41) is -0.336. The zero-order valence-corrected chi connectivity index (χ0v) is 7.99. The zero-order valence-electron chi connectivity index (χ0n) is 7.24. The van der Waals surface area contributed by atoms with E-state index < -0.39 is 11.7 Å². The van der Waals surface area contributed by atoms with E-state index in [4.69, 9.17) is 17.3 Å². The molecular weight excluding hydrogens is 215 g/mol. The van der Waals surface area contributed by atoms with Gasteiger partial charge in [0.15, 0.2) is 0 Å². The van der Waals surface area contributed by atoms with E-state index in [-0.39, 0.29) is 10.7 Å². The number of benzene rings is 1. The summed E-state index contributed by atoms with van der Waals surface area (Å²) in [4.78, 5) is 0. The number of nitrogen functional groups attached to an aromatic ring is 1. The molecule has 1 rings (SSSR count). The average Bonchev–Trinajstić information content (AvgIpc) is 2.11.